The molecule has 2 amide bonds. The molecule has 0 aliphatic rings. The molecule has 0 radical (unpaired) electrons. The van der Waals surface area contributed by atoms with Crippen LogP contribution in [-0.2, 0) is 9.59 Å². The summed E-state index contributed by atoms with van der Waals surface area (Å²) in [5, 5.41) is 14.2. The molecule has 36 heavy (non-hydrogen) atoms. The molecule has 0 atom stereocenters. The highest BCUT2D eigenvalue weighted by molar-refractivity contribution is 5.95. The van der Waals surface area contributed by atoms with E-state index >= 15 is 0 Å². The molecule has 0 fully saturated rings. The Morgan fingerprint density at radius 1 is 1.06 bits per heavy atom. The normalized spacial score (nSPS) is 10.4. The summed E-state index contributed by atoms with van der Waals surface area (Å²) in [4.78, 5) is 37.8. The van der Waals surface area contributed by atoms with Gasteiger partial charge < -0.3 is 19.7 Å². The van der Waals surface area contributed by atoms with E-state index in [-0.39, 0.29) is 30.7 Å². The maximum atomic E-state index is 13.0. The van der Waals surface area contributed by atoms with Crippen LogP contribution in [0.4, 0.5) is 11.4 Å². The number of methoxy groups -OCH3 is 1. The fourth-order valence-corrected chi connectivity index (χ4v) is 3.62. The minimum absolute atomic E-state index is 0.0972. The van der Waals surface area contributed by atoms with Gasteiger partial charge in [-0.25, -0.2) is 0 Å². The van der Waals surface area contributed by atoms with Crippen molar-refractivity contribution in [3.63, 3.8) is 0 Å². The second kappa shape index (κ2) is 12.3. The van der Waals surface area contributed by atoms with Crippen LogP contribution in [0.2, 0.25) is 0 Å². The van der Waals surface area contributed by atoms with Crippen LogP contribution in [0.3, 0.4) is 0 Å². The number of non-ortho nitro benzene ring substituents is 1. The Morgan fingerprint density at radius 3 is 2.42 bits per heavy atom. The minimum atomic E-state index is -0.488. The van der Waals surface area contributed by atoms with Crippen LogP contribution < -0.4 is 14.8 Å². The van der Waals surface area contributed by atoms with E-state index in [4.69, 9.17) is 9.47 Å². The maximum Gasteiger partial charge on any atom is 0.270 e. The minimum Gasteiger partial charge on any atom is -0.497 e. The number of carbonyl (C=O) groups excluding carboxylic acids is 2. The quantitative estimate of drug-likeness (QED) is 0.304. The molecule has 0 aromatic heterocycles. The number of aryl methyl sites for hydroxylation is 1. The predicted octanol–water partition coefficient (Wildman–Crippen LogP) is 4.83. The number of rotatable bonds is 11. The maximum absolute atomic E-state index is 13.0. The number of ether oxygens (including phenoxy) is 2. The van der Waals surface area contributed by atoms with Gasteiger partial charge in [-0.1, -0.05) is 37.3 Å². The number of benzene rings is 3. The highest BCUT2D eigenvalue weighted by Gasteiger charge is 2.20. The molecule has 0 aliphatic heterocycles. The molecule has 0 saturated carbocycles. The summed E-state index contributed by atoms with van der Waals surface area (Å²) >= 11 is 0. The summed E-state index contributed by atoms with van der Waals surface area (Å²) in [7, 11) is 1.55. The van der Waals surface area contributed by atoms with Crippen molar-refractivity contribution < 1.29 is 24.0 Å². The van der Waals surface area contributed by atoms with E-state index in [9.17, 15) is 19.7 Å². The number of amides is 2. The molecular formula is C27H29N3O6. The molecule has 0 saturated heterocycles. The van der Waals surface area contributed by atoms with Gasteiger partial charge >= 0.3 is 0 Å². The van der Waals surface area contributed by atoms with E-state index in [1.807, 2.05) is 32.0 Å². The number of hydrogen-bond acceptors (Lipinski definition) is 6. The number of carbonyl (C=O) groups is 2. The van der Waals surface area contributed by atoms with Gasteiger partial charge in [0.05, 0.1) is 18.6 Å². The van der Waals surface area contributed by atoms with Gasteiger partial charge in [0.15, 0.2) is 6.61 Å². The van der Waals surface area contributed by atoms with E-state index in [1.165, 1.54) is 23.1 Å². The summed E-state index contributed by atoms with van der Waals surface area (Å²) in [6.07, 6.45) is 0.665. The lowest BCUT2D eigenvalue weighted by atomic mass is 10.0. The standard InChI is InChI=1S/C27H29N3O6/c1-4-15-29(17-26(31)28-24-8-6-5-7-19(24)2)27(32)18-36-25-14-11-21(30(33)34)16-23(25)20-9-12-22(35-3)13-10-20/h5-14,16H,4,15,17-18H2,1-3H3,(H,28,31). The number of nitrogens with one attached hydrogen (secondary N) is 1. The van der Waals surface area contributed by atoms with Crippen LogP contribution in [0.25, 0.3) is 11.1 Å². The van der Waals surface area contributed by atoms with Crippen LogP contribution in [0, 0.1) is 17.0 Å². The topological polar surface area (TPSA) is 111 Å². The second-order valence-electron chi connectivity index (χ2n) is 8.13. The van der Waals surface area contributed by atoms with Crippen LogP contribution in [-0.4, -0.2) is 48.4 Å². The third-order valence-corrected chi connectivity index (χ3v) is 5.53. The molecule has 3 rings (SSSR count). The van der Waals surface area contributed by atoms with Crippen LogP contribution >= 0.6 is 0 Å². The Kier molecular flexibility index (Phi) is 8.99. The predicted molar refractivity (Wildman–Crippen MR) is 137 cm³/mol. The monoisotopic (exact) mass is 491 g/mol. The Balaban J connectivity index is 1.74. The van der Waals surface area contributed by atoms with Gasteiger partial charge in [0.1, 0.15) is 11.5 Å². The van der Waals surface area contributed by atoms with Gasteiger partial charge in [-0.15, -0.1) is 0 Å². The number of anilines is 1. The Hall–Kier alpha value is -4.40. The van der Waals surface area contributed by atoms with Crippen molar-refractivity contribution in [2.24, 2.45) is 0 Å². The zero-order valence-corrected chi connectivity index (χ0v) is 20.5. The first-order chi connectivity index (χ1) is 17.3. The van der Waals surface area contributed by atoms with E-state index in [0.29, 0.717) is 41.3 Å². The van der Waals surface area contributed by atoms with Crippen molar-refractivity contribution in [3.8, 4) is 22.6 Å². The Bertz CT molecular complexity index is 1230. The lowest BCUT2D eigenvalue weighted by Crippen LogP contribution is -2.41. The average molecular weight is 492 g/mol. The van der Waals surface area contributed by atoms with Crippen molar-refractivity contribution in [2.45, 2.75) is 20.3 Å². The van der Waals surface area contributed by atoms with Gasteiger partial charge in [-0.2, -0.15) is 0 Å². The van der Waals surface area contributed by atoms with Crippen molar-refractivity contribution >= 4 is 23.2 Å². The fraction of sp³-hybridized carbons (Fsp3) is 0.259. The summed E-state index contributed by atoms with van der Waals surface area (Å²) < 4.78 is 11.0. The molecule has 188 valence electrons. The van der Waals surface area contributed by atoms with Gasteiger partial charge in [0, 0.05) is 29.9 Å². The number of hydrogen-bond donors (Lipinski definition) is 1. The van der Waals surface area contributed by atoms with E-state index in [1.54, 1.807) is 37.4 Å². The van der Waals surface area contributed by atoms with E-state index in [0.717, 1.165) is 5.56 Å². The van der Waals surface area contributed by atoms with Crippen LogP contribution in [0.5, 0.6) is 11.5 Å². The molecule has 0 bridgehead atoms. The summed E-state index contributed by atoms with van der Waals surface area (Å²) in [6, 6.07) is 18.6. The first-order valence-electron chi connectivity index (χ1n) is 11.5. The Morgan fingerprint density at radius 2 is 1.78 bits per heavy atom. The lowest BCUT2D eigenvalue weighted by molar-refractivity contribution is -0.384. The molecular weight excluding hydrogens is 462 g/mol. The van der Waals surface area contributed by atoms with Gasteiger partial charge in [-0.3, -0.25) is 19.7 Å². The smallest absolute Gasteiger partial charge is 0.270 e. The van der Waals surface area contributed by atoms with Gasteiger partial charge in [0.2, 0.25) is 5.91 Å². The number of para-hydroxylation sites is 1. The molecule has 1 N–H and O–H groups in total. The zero-order valence-electron chi connectivity index (χ0n) is 20.5. The van der Waals surface area contributed by atoms with Crippen molar-refractivity contribution in [1.29, 1.82) is 0 Å². The van der Waals surface area contributed by atoms with Crippen LogP contribution in [0.15, 0.2) is 66.7 Å². The van der Waals surface area contributed by atoms with Crippen LogP contribution in [0.1, 0.15) is 18.9 Å². The molecule has 9 heteroatoms. The highest BCUT2D eigenvalue weighted by Crippen LogP contribution is 2.34. The highest BCUT2D eigenvalue weighted by atomic mass is 16.6. The first-order valence-corrected chi connectivity index (χ1v) is 11.5. The van der Waals surface area contributed by atoms with E-state index in [2.05, 4.69) is 5.32 Å². The lowest BCUT2D eigenvalue weighted by Gasteiger charge is -2.22. The molecule has 0 spiro atoms. The van der Waals surface area contributed by atoms with Crippen molar-refractivity contribution in [2.75, 3.05) is 32.1 Å². The number of nitro groups is 1. The SMILES string of the molecule is CCCN(CC(=O)Nc1ccccc1C)C(=O)COc1ccc([N+](=O)[O-])cc1-c1ccc(OC)cc1. The summed E-state index contributed by atoms with van der Waals surface area (Å²) in [5.74, 6) is 0.289. The van der Waals surface area contributed by atoms with Crippen molar-refractivity contribution in [3.05, 3.63) is 82.4 Å². The first kappa shape index (κ1) is 26.2. The molecule has 0 heterocycles. The molecule has 9 nitrogen and oxygen atoms in total. The van der Waals surface area contributed by atoms with Gasteiger partial charge in [0.25, 0.3) is 11.6 Å². The largest absolute Gasteiger partial charge is 0.497 e. The Labute approximate surface area is 209 Å². The number of nitro benzene ring substituents is 1. The average Bonchev–Trinajstić information content (AvgIpc) is 2.88. The summed E-state index contributed by atoms with van der Waals surface area (Å²) in [5.41, 5.74) is 2.66. The summed E-state index contributed by atoms with van der Waals surface area (Å²) in [6.45, 7) is 3.76. The third kappa shape index (κ3) is 6.82. The third-order valence-electron chi connectivity index (χ3n) is 5.53. The molecule has 0 unspecified atom stereocenters. The molecule has 3 aromatic carbocycles. The van der Waals surface area contributed by atoms with Gasteiger partial charge in [-0.05, 0) is 48.7 Å². The van der Waals surface area contributed by atoms with Crippen molar-refractivity contribution in [1.82, 2.24) is 4.90 Å². The van der Waals surface area contributed by atoms with E-state index < -0.39 is 4.92 Å². The fourth-order valence-electron chi connectivity index (χ4n) is 3.62. The second-order valence-corrected chi connectivity index (χ2v) is 8.13. The zero-order chi connectivity index (χ0) is 26.1. The molecule has 3 aromatic rings. The number of nitrogens with zero attached hydrogens (tertiary/aromatic N) is 2. The molecule has 0 aliphatic carbocycles.